The molecule has 0 spiro atoms. The molecule has 5 nitrogen and oxygen atoms in total. The van der Waals surface area contributed by atoms with E-state index in [0.29, 0.717) is 11.0 Å². The molecule has 28 heavy (non-hydrogen) atoms. The number of aromatic nitrogens is 1. The molecule has 1 aliphatic heterocycles. The van der Waals surface area contributed by atoms with E-state index in [1.165, 1.54) is 0 Å². The molecule has 0 aliphatic carbocycles. The van der Waals surface area contributed by atoms with Crippen LogP contribution in [0.3, 0.4) is 0 Å². The maximum Gasteiger partial charge on any atom is 0.194 e. The first-order valence-corrected chi connectivity index (χ1v) is 9.89. The van der Waals surface area contributed by atoms with Crippen LogP contribution in [0.1, 0.15) is 17.0 Å². The predicted octanol–water partition coefficient (Wildman–Crippen LogP) is 3.80. The Hall–Kier alpha value is -1.26. The first-order chi connectivity index (χ1) is 13.0. The van der Waals surface area contributed by atoms with Gasteiger partial charge in [-0.2, -0.15) is 0 Å². The molecule has 8 heteroatoms. The molecule has 3 rings (SSSR count). The summed E-state index contributed by atoms with van der Waals surface area (Å²) in [7, 11) is 1.81. The maximum atomic E-state index is 13.7. The summed E-state index contributed by atoms with van der Waals surface area (Å²) in [6, 6.07) is 11.4. The molecule has 1 aliphatic rings. The molecule has 1 aromatic heterocycles. The normalized spacial score (nSPS) is 15.3. The zero-order valence-electron chi connectivity index (χ0n) is 16.2. The van der Waals surface area contributed by atoms with E-state index >= 15 is 0 Å². The summed E-state index contributed by atoms with van der Waals surface area (Å²) >= 11 is 3.20. The SMILES string of the molecule is CN=C(NCc1cccc(C)n1)N1CCN(Cc2ccc(Br)c(F)c2)CC1.I. The van der Waals surface area contributed by atoms with Gasteiger partial charge in [-0.1, -0.05) is 12.1 Å². The molecule has 2 aromatic rings. The van der Waals surface area contributed by atoms with Gasteiger partial charge in [0.05, 0.1) is 16.7 Å². The van der Waals surface area contributed by atoms with E-state index in [1.807, 2.05) is 38.2 Å². The van der Waals surface area contributed by atoms with Crippen molar-refractivity contribution in [1.29, 1.82) is 0 Å². The largest absolute Gasteiger partial charge is 0.351 e. The molecular weight excluding hydrogens is 536 g/mol. The van der Waals surface area contributed by atoms with Gasteiger partial charge in [-0.15, -0.1) is 24.0 Å². The minimum atomic E-state index is -0.208. The smallest absolute Gasteiger partial charge is 0.194 e. The van der Waals surface area contributed by atoms with Gasteiger partial charge in [0, 0.05) is 45.5 Å². The highest BCUT2D eigenvalue weighted by molar-refractivity contribution is 14.0. The lowest BCUT2D eigenvalue weighted by molar-refractivity contribution is 0.172. The Kier molecular flexibility index (Phi) is 9.10. The average Bonchev–Trinajstić information content (AvgIpc) is 2.66. The number of piperazine rings is 1. The van der Waals surface area contributed by atoms with Crippen LogP contribution in [0.25, 0.3) is 0 Å². The number of aryl methyl sites for hydroxylation is 1. The van der Waals surface area contributed by atoms with Crippen molar-refractivity contribution in [2.75, 3.05) is 33.2 Å². The lowest BCUT2D eigenvalue weighted by atomic mass is 10.2. The van der Waals surface area contributed by atoms with Gasteiger partial charge in [0.2, 0.25) is 0 Å². The summed E-state index contributed by atoms with van der Waals surface area (Å²) in [4.78, 5) is 13.5. The Labute approximate surface area is 191 Å². The van der Waals surface area contributed by atoms with Gasteiger partial charge in [0.25, 0.3) is 0 Å². The molecule has 1 saturated heterocycles. The summed E-state index contributed by atoms with van der Waals surface area (Å²) in [5.74, 6) is 0.688. The Morgan fingerprint density at radius 3 is 2.61 bits per heavy atom. The van der Waals surface area contributed by atoms with Crippen LogP contribution in [0, 0.1) is 12.7 Å². The van der Waals surface area contributed by atoms with Gasteiger partial charge >= 0.3 is 0 Å². The maximum absolute atomic E-state index is 13.7. The fourth-order valence-electron chi connectivity index (χ4n) is 3.21. The fraction of sp³-hybridized carbons (Fsp3) is 0.400. The number of benzene rings is 1. The van der Waals surface area contributed by atoms with E-state index in [0.717, 1.165) is 55.6 Å². The van der Waals surface area contributed by atoms with Crippen LogP contribution in [0.15, 0.2) is 45.9 Å². The number of hydrogen-bond acceptors (Lipinski definition) is 3. The van der Waals surface area contributed by atoms with Gasteiger partial charge in [-0.05, 0) is 52.7 Å². The second kappa shape index (κ2) is 11.1. The second-order valence-electron chi connectivity index (χ2n) is 6.68. The van der Waals surface area contributed by atoms with E-state index in [1.54, 1.807) is 12.1 Å². The topological polar surface area (TPSA) is 43.8 Å². The standard InChI is InChI=1S/C20H25BrFN5.HI/c1-15-4-3-5-17(25-15)13-24-20(23-2)27-10-8-26(9-11-27)14-16-6-7-18(21)19(22)12-16;/h3-7,12H,8-11,13-14H2,1-2H3,(H,23,24);1H. The van der Waals surface area contributed by atoms with E-state index < -0.39 is 0 Å². The van der Waals surface area contributed by atoms with E-state index in [4.69, 9.17) is 0 Å². The number of nitrogens with one attached hydrogen (secondary N) is 1. The molecule has 2 heterocycles. The van der Waals surface area contributed by atoms with Crippen molar-refractivity contribution in [3.8, 4) is 0 Å². The molecule has 0 atom stereocenters. The molecular formula is C20H26BrFIN5. The van der Waals surface area contributed by atoms with Gasteiger partial charge in [0.15, 0.2) is 5.96 Å². The minimum Gasteiger partial charge on any atom is -0.351 e. The van der Waals surface area contributed by atoms with E-state index in [-0.39, 0.29) is 29.8 Å². The van der Waals surface area contributed by atoms with E-state index in [2.05, 4.69) is 41.0 Å². The molecule has 0 radical (unpaired) electrons. The van der Waals surface area contributed by atoms with Crippen LogP contribution in [-0.2, 0) is 13.1 Å². The first kappa shape index (κ1) is 23.0. The van der Waals surface area contributed by atoms with E-state index in [9.17, 15) is 4.39 Å². The van der Waals surface area contributed by atoms with Crippen molar-refractivity contribution in [2.45, 2.75) is 20.0 Å². The third kappa shape index (κ3) is 6.38. The zero-order chi connectivity index (χ0) is 19.2. The zero-order valence-corrected chi connectivity index (χ0v) is 20.1. The number of pyridine rings is 1. The van der Waals surface area contributed by atoms with Gasteiger partial charge in [-0.25, -0.2) is 4.39 Å². The predicted molar refractivity (Wildman–Crippen MR) is 126 cm³/mol. The number of aliphatic imine (C=N–C) groups is 1. The number of rotatable bonds is 4. The fourth-order valence-corrected chi connectivity index (χ4v) is 3.46. The Balaban J connectivity index is 0.00000280. The quantitative estimate of drug-likeness (QED) is 0.350. The van der Waals surface area contributed by atoms with Crippen molar-refractivity contribution in [1.82, 2.24) is 20.1 Å². The van der Waals surface area contributed by atoms with Crippen LogP contribution in [0.2, 0.25) is 0 Å². The summed E-state index contributed by atoms with van der Waals surface area (Å²) in [5.41, 5.74) is 3.02. The van der Waals surface area contributed by atoms with Gasteiger partial charge in [0.1, 0.15) is 5.82 Å². The Morgan fingerprint density at radius 2 is 1.96 bits per heavy atom. The number of nitrogens with zero attached hydrogens (tertiary/aromatic N) is 4. The minimum absolute atomic E-state index is 0. The number of halogens is 3. The van der Waals surface area contributed by atoms with Crippen LogP contribution in [-0.4, -0.2) is 54.0 Å². The van der Waals surface area contributed by atoms with Crippen molar-refractivity contribution >= 4 is 45.9 Å². The lowest BCUT2D eigenvalue weighted by Gasteiger charge is -2.36. The molecule has 0 saturated carbocycles. The molecule has 0 amide bonds. The summed E-state index contributed by atoms with van der Waals surface area (Å²) in [6.45, 7) is 7.03. The summed E-state index contributed by atoms with van der Waals surface area (Å²) in [6.07, 6.45) is 0. The lowest BCUT2D eigenvalue weighted by Crippen LogP contribution is -2.52. The van der Waals surface area contributed by atoms with Crippen LogP contribution in [0.5, 0.6) is 0 Å². The highest BCUT2D eigenvalue weighted by Gasteiger charge is 2.20. The van der Waals surface area contributed by atoms with Crippen LogP contribution < -0.4 is 5.32 Å². The number of hydrogen-bond donors (Lipinski definition) is 1. The monoisotopic (exact) mass is 561 g/mol. The van der Waals surface area contributed by atoms with Crippen molar-refractivity contribution in [3.05, 3.63) is 63.6 Å². The van der Waals surface area contributed by atoms with Gasteiger partial charge in [-0.3, -0.25) is 14.9 Å². The highest BCUT2D eigenvalue weighted by Crippen LogP contribution is 2.18. The highest BCUT2D eigenvalue weighted by atomic mass is 127. The summed E-state index contributed by atoms with van der Waals surface area (Å²) < 4.78 is 14.2. The molecule has 1 fully saturated rings. The third-order valence-corrected chi connectivity index (χ3v) is 5.29. The van der Waals surface area contributed by atoms with Crippen molar-refractivity contribution in [3.63, 3.8) is 0 Å². The number of guanidine groups is 1. The molecule has 152 valence electrons. The van der Waals surface area contributed by atoms with Crippen molar-refractivity contribution < 1.29 is 4.39 Å². The first-order valence-electron chi connectivity index (χ1n) is 9.09. The van der Waals surface area contributed by atoms with Gasteiger partial charge < -0.3 is 10.2 Å². The average molecular weight is 562 g/mol. The van der Waals surface area contributed by atoms with Crippen molar-refractivity contribution in [2.24, 2.45) is 4.99 Å². The molecule has 0 bridgehead atoms. The second-order valence-corrected chi connectivity index (χ2v) is 7.54. The Bertz CT molecular complexity index is 809. The summed E-state index contributed by atoms with van der Waals surface area (Å²) in [5, 5.41) is 3.40. The molecule has 0 unspecified atom stereocenters. The molecule has 1 N–H and O–H groups in total. The van der Waals surface area contributed by atoms with Crippen LogP contribution >= 0.6 is 39.9 Å². The molecule has 1 aromatic carbocycles. The third-order valence-electron chi connectivity index (χ3n) is 4.65. The van der Waals surface area contributed by atoms with Crippen LogP contribution in [0.4, 0.5) is 4.39 Å². The Morgan fingerprint density at radius 1 is 1.21 bits per heavy atom.